The Balaban J connectivity index is 1.77. The minimum absolute atomic E-state index is 0.101. The molecule has 0 bridgehead atoms. The summed E-state index contributed by atoms with van der Waals surface area (Å²) in [4.78, 5) is 20.0. The second kappa shape index (κ2) is 7.10. The molecule has 4 rings (SSSR count). The van der Waals surface area contributed by atoms with Gasteiger partial charge in [0.25, 0.3) is 5.09 Å². The van der Waals surface area contributed by atoms with E-state index in [0.717, 1.165) is 23.4 Å². The molecule has 1 saturated carbocycles. The molecule has 1 fully saturated rings. The second-order valence-corrected chi connectivity index (χ2v) is 7.15. The number of aromatic nitrogens is 2. The van der Waals surface area contributed by atoms with Crippen LogP contribution in [0.3, 0.4) is 0 Å². The summed E-state index contributed by atoms with van der Waals surface area (Å²) in [7, 11) is 0. The third kappa shape index (κ3) is 3.49. The summed E-state index contributed by atoms with van der Waals surface area (Å²) in [5.41, 5.74) is 3.41. The second-order valence-electron chi connectivity index (χ2n) is 7.15. The number of hydrogen-bond donors (Lipinski definition) is 0. The van der Waals surface area contributed by atoms with Crippen LogP contribution < -0.4 is 9.57 Å². The fourth-order valence-corrected chi connectivity index (χ4v) is 3.40. The molecule has 7 nitrogen and oxygen atoms in total. The quantitative estimate of drug-likeness (QED) is 0.446. The van der Waals surface area contributed by atoms with Gasteiger partial charge in [-0.15, -0.1) is 10.1 Å². The number of pyridine rings is 1. The molecule has 0 N–H and O–H groups in total. The molecule has 0 aliphatic heterocycles. The summed E-state index contributed by atoms with van der Waals surface area (Å²) in [5, 5.41) is 10.7. The lowest BCUT2D eigenvalue weighted by Crippen LogP contribution is -2.07. The highest BCUT2D eigenvalue weighted by Crippen LogP contribution is 2.40. The molecular weight excluding hydrogens is 365 g/mol. The number of fused-ring (bicyclic) bond motifs is 1. The first-order valence-corrected chi connectivity index (χ1v) is 9.12. The molecule has 1 aromatic carbocycles. The number of benzene rings is 1. The van der Waals surface area contributed by atoms with Gasteiger partial charge in [0, 0.05) is 17.6 Å². The molecule has 8 heteroatoms. The normalized spacial score (nSPS) is 13.7. The molecule has 146 valence electrons. The number of nitrogens with zero attached hydrogens (tertiary/aromatic N) is 3. The molecule has 3 aromatic rings. The van der Waals surface area contributed by atoms with Crippen LogP contribution in [0.5, 0.6) is 11.6 Å². The van der Waals surface area contributed by atoms with Crippen molar-refractivity contribution in [2.75, 3.05) is 0 Å². The fourth-order valence-electron chi connectivity index (χ4n) is 3.40. The van der Waals surface area contributed by atoms with Gasteiger partial charge in [0.15, 0.2) is 5.75 Å². The lowest BCUT2D eigenvalue weighted by atomic mass is 10.2. The van der Waals surface area contributed by atoms with Gasteiger partial charge in [-0.05, 0) is 55.9 Å². The third-order valence-electron chi connectivity index (χ3n) is 5.18. The zero-order valence-electron chi connectivity index (χ0n) is 15.6. The van der Waals surface area contributed by atoms with Crippen LogP contribution in [0.2, 0.25) is 0 Å². The van der Waals surface area contributed by atoms with Gasteiger partial charge >= 0.3 is 0 Å². The van der Waals surface area contributed by atoms with Crippen LogP contribution in [0, 0.1) is 35.7 Å². The van der Waals surface area contributed by atoms with Crippen molar-refractivity contribution in [1.82, 2.24) is 9.55 Å². The molecule has 0 amide bonds. The monoisotopic (exact) mass is 385 g/mol. The third-order valence-corrected chi connectivity index (χ3v) is 5.18. The maximum absolute atomic E-state index is 13.1. The highest BCUT2D eigenvalue weighted by molar-refractivity contribution is 5.94. The number of hydrogen-bond acceptors (Lipinski definition) is 5. The molecule has 2 aromatic heterocycles. The zero-order valence-corrected chi connectivity index (χ0v) is 15.6. The zero-order chi connectivity index (χ0) is 19.8. The van der Waals surface area contributed by atoms with E-state index in [2.05, 4.69) is 9.55 Å². The summed E-state index contributed by atoms with van der Waals surface area (Å²) in [6.45, 7) is 4.92. The van der Waals surface area contributed by atoms with E-state index in [0.29, 0.717) is 22.7 Å². The van der Waals surface area contributed by atoms with Crippen molar-refractivity contribution in [3.8, 4) is 11.6 Å². The van der Waals surface area contributed by atoms with E-state index < -0.39 is 5.09 Å². The van der Waals surface area contributed by atoms with Crippen LogP contribution >= 0.6 is 0 Å². The van der Waals surface area contributed by atoms with Crippen molar-refractivity contribution >= 4 is 10.9 Å². The van der Waals surface area contributed by atoms with Crippen LogP contribution in [0.4, 0.5) is 4.39 Å². The lowest BCUT2D eigenvalue weighted by Gasteiger charge is -2.12. The van der Waals surface area contributed by atoms with Crippen molar-refractivity contribution in [2.45, 2.75) is 39.8 Å². The predicted molar refractivity (Wildman–Crippen MR) is 100 cm³/mol. The lowest BCUT2D eigenvalue weighted by molar-refractivity contribution is -0.710. The number of halogens is 1. The first kappa shape index (κ1) is 18.2. The fraction of sp³-hybridized carbons (Fsp3) is 0.350. The Morgan fingerprint density at radius 3 is 2.64 bits per heavy atom. The molecule has 0 saturated heterocycles. The highest BCUT2D eigenvalue weighted by atomic mass is 19.1. The van der Waals surface area contributed by atoms with Crippen molar-refractivity contribution in [2.24, 2.45) is 5.92 Å². The van der Waals surface area contributed by atoms with Gasteiger partial charge in [-0.2, -0.15) is 0 Å². The first-order valence-electron chi connectivity index (χ1n) is 9.12. The van der Waals surface area contributed by atoms with Gasteiger partial charge in [-0.3, -0.25) is 4.84 Å². The van der Waals surface area contributed by atoms with Gasteiger partial charge in [0.1, 0.15) is 17.9 Å². The van der Waals surface area contributed by atoms with E-state index in [1.807, 2.05) is 13.8 Å². The molecule has 0 radical (unpaired) electrons. The van der Waals surface area contributed by atoms with E-state index in [4.69, 9.17) is 9.57 Å². The molecule has 0 unspecified atom stereocenters. The molecule has 2 heterocycles. The Hall–Kier alpha value is -3.16. The van der Waals surface area contributed by atoms with Crippen LogP contribution in [-0.2, 0) is 13.2 Å². The first-order chi connectivity index (χ1) is 13.4. The van der Waals surface area contributed by atoms with Crippen LogP contribution in [0.25, 0.3) is 10.9 Å². The summed E-state index contributed by atoms with van der Waals surface area (Å²) >= 11 is 0. The van der Waals surface area contributed by atoms with Gasteiger partial charge in [-0.25, -0.2) is 9.37 Å². The minimum atomic E-state index is -0.831. The maximum Gasteiger partial charge on any atom is 0.299 e. The summed E-state index contributed by atoms with van der Waals surface area (Å²) in [5.74, 6) is 0.769. The van der Waals surface area contributed by atoms with E-state index in [9.17, 15) is 14.5 Å². The Labute approximate surface area is 160 Å². The van der Waals surface area contributed by atoms with Crippen LogP contribution in [0.1, 0.15) is 29.7 Å². The van der Waals surface area contributed by atoms with Gasteiger partial charge in [0.2, 0.25) is 5.88 Å². The Morgan fingerprint density at radius 1 is 1.29 bits per heavy atom. The van der Waals surface area contributed by atoms with Gasteiger partial charge in [0.05, 0.1) is 6.20 Å². The van der Waals surface area contributed by atoms with E-state index in [1.54, 1.807) is 12.1 Å². The molecule has 0 spiro atoms. The topological polar surface area (TPSA) is 79.4 Å². The Kier molecular flexibility index (Phi) is 4.62. The predicted octanol–water partition coefficient (Wildman–Crippen LogP) is 4.35. The smallest absolute Gasteiger partial charge is 0.299 e. The van der Waals surface area contributed by atoms with Crippen molar-refractivity contribution < 1.29 is 19.1 Å². The summed E-state index contributed by atoms with van der Waals surface area (Å²) in [6.07, 6.45) is 3.66. The minimum Gasteiger partial charge on any atom is -0.471 e. The summed E-state index contributed by atoms with van der Waals surface area (Å²) in [6, 6.07) is 6.05. The Morgan fingerprint density at radius 2 is 2.00 bits per heavy atom. The molecule has 1 aliphatic rings. The summed E-state index contributed by atoms with van der Waals surface area (Å²) < 4.78 is 21.2. The van der Waals surface area contributed by atoms with Gasteiger partial charge < -0.3 is 9.30 Å². The Bertz CT molecular complexity index is 1040. The molecular formula is C20H20FN3O4. The number of ether oxygens (including phenoxy) is 1. The molecule has 28 heavy (non-hydrogen) atoms. The van der Waals surface area contributed by atoms with Crippen molar-refractivity contribution in [3.05, 3.63) is 63.2 Å². The van der Waals surface area contributed by atoms with Crippen LogP contribution in [-0.4, -0.2) is 14.6 Å². The van der Waals surface area contributed by atoms with E-state index >= 15 is 0 Å². The van der Waals surface area contributed by atoms with Gasteiger partial charge in [-0.1, -0.05) is 12.1 Å². The highest BCUT2D eigenvalue weighted by Gasteiger charge is 2.27. The molecule has 0 atom stereocenters. The molecule has 1 aliphatic carbocycles. The standard InChI is InChI=1S/C20H20FN3O4/c1-12-13(2)23(10-14-3-4-14)19-18(12)17(28-24(25)26)9-22-20(19)27-11-15-5-7-16(21)8-6-15/h5-9,14H,3-4,10-11H2,1-2H3. The average molecular weight is 385 g/mol. The average Bonchev–Trinajstić information content (AvgIpc) is 3.44. The maximum atomic E-state index is 13.1. The van der Waals surface area contributed by atoms with Crippen molar-refractivity contribution in [3.63, 3.8) is 0 Å². The van der Waals surface area contributed by atoms with Crippen molar-refractivity contribution in [1.29, 1.82) is 0 Å². The number of rotatable bonds is 7. The van der Waals surface area contributed by atoms with Crippen LogP contribution in [0.15, 0.2) is 30.5 Å². The van der Waals surface area contributed by atoms with E-state index in [1.165, 1.54) is 31.2 Å². The SMILES string of the molecule is Cc1c(C)n(CC2CC2)c2c(OCc3ccc(F)cc3)ncc(O[N+](=O)[O-])c12. The number of aryl methyl sites for hydroxylation is 1. The largest absolute Gasteiger partial charge is 0.471 e. The van der Waals surface area contributed by atoms with E-state index in [-0.39, 0.29) is 18.2 Å².